The molecular formula is C21H18N2O4S. The molecule has 142 valence electrons. The van der Waals surface area contributed by atoms with E-state index in [1.807, 2.05) is 50.2 Å². The largest absolute Gasteiger partial charge is 0.465 e. The molecule has 0 N–H and O–H groups in total. The van der Waals surface area contributed by atoms with Gasteiger partial charge in [0.2, 0.25) is 5.72 Å². The van der Waals surface area contributed by atoms with Crippen LogP contribution in [-0.4, -0.2) is 16.1 Å². The Bertz CT molecular complexity index is 1300. The minimum atomic E-state index is -1.04. The molecule has 6 nitrogen and oxygen atoms in total. The van der Waals surface area contributed by atoms with Crippen LogP contribution in [0.3, 0.4) is 0 Å². The molecule has 5 rings (SSSR count). The molecule has 2 aliphatic heterocycles. The number of hydrogen-bond acceptors (Lipinski definition) is 6. The summed E-state index contributed by atoms with van der Waals surface area (Å²) in [5.74, 6) is 1.43. The van der Waals surface area contributed by atoms with Crippen molar-refractivity contribution in [3.05, 3.63) is 73.2 Å². The van der Waals surface area contributed by atoms with Gasteiger partial charge in [-0.05, 0) is 39.0 Å². The van der Waals surface area contributed by atoms with Gasteiger partial charge in [0.05, 0.1) is 10.6 Å². The topological polar surface area (TPSA) is 73.8 Å². The van der Waals surface area contributed by atoms with E-state index in [1.165, 1.54) is 18.3 Å². The van der Waals surface area contributed by atoms with Crippen molar-refractivity contribution in [1.29, 1.82) is 0 Å². The van der Waals surface area contributed by atoms with Crippen LogP contribution in [0.15, 0.2) is 50.6 Å². The van der Waals surface area contributed by atoms with Crippen molar-refractivity contribution in [2.24, 2.45) is 10.9 Å². The number of furan rings is 1. The molecule has 3 atom stereocenters. The smallest absolute Gasteiger partial charge is 0.271 e. The number of rotatable bonds is 2. The highest BCUT2D eigenvalue weighted by Gasteiger charge is 2.53. The van der Waals surface area contributed by atoms with E-state index >= 15 is 0 Å². The third-order valence-corrected chi connectivity index (χ3v) is 6.34. The van der Waals surface area contributed by atoms with Gasteiger partial charge in [0, 0.05) is 11.6 Å². The van der Waals surface area contributed by atoms with Crippen LogP contribution in [0, 0.1) is 12.8 Å². The van der Waals surface area contributed by atoms with Gasteiger partial charge in [0.15, 0.2) is 4.80 Å². The number of aryl methyl sites for hydroxylation is 1. The first-order valence-corrected chi connectivity index (χ1v) is 9.87. The number of aromatic nitrogens is 1. The molecule has 1 aromatic carbocycles. The maximum Gasteiger partial charge on any atom is 0.271 e. The Hall–Kier alpha value is -2.93. The fourth-order valence-electron chi connectivity index (χ4n) is 4.22. The molecule has 2 bridgehead atoms. The molecule has 0 saturated heterocycles. The van der Waals surface area contributed by atoms with Gasteiger partial charge in [-0.25, -0.2) is 4.99 Å². The van der Waals surface area contributed by atoms with Gasteiger partial charge in [-0.2, -0.15) is 0 Å². The lowest BCUT2D eigenvalue weighted by atomic mass is 9.79. The summed E-state index contributed by atoms with van der Waals surface area (Å²) in [5.41, 5.74) is -0.384. The highest BCUT2D eigenvalue weighted by atomic mass is 32.1. The maximum atomic E-state index is 13.3. The first-order valence-electron chi connectivity index (χ1n) is 9.05. The number of benzene rings is 1. The minimum absolute atomic E-state index is 0.0540. The lowest BCUT2D eigenvalue weighted by Crippen LogP contribution is -2.58. The van der Waals surface area contributed by atoms with E-state index in [1.54, 1.807) is 10.6 Å². The summed E-state index contributed by atoms with van der Waals surface area (Å²) in [6, 6.07) is 10.8. The summed E-state index contributed by atoms with van der Waals surface area (Å²) in [6.07, 6.45) is 1.72. The second-order valence-corrected chi connectivity index (χ2v) is 8.37. The second-order valence-electron chi connectivity index (χ2n) is 7.36. The van der Waals surface area contributed by atoms with Crippen molar-refractivity contribution in [3.63, 3.8) is 0 Å². The Labute approximate surface area is 164 Å². The number of Topliss-reactive ketones (excluding diaryl/α,β-unsaturated/α-hetero) is 1. The Morgan fingerprint density at radius 1 is 1.29 bits per heavy atom. The lowest BCUT2D eigenvalue weighted by molar-refractivity contribution is -0.132. The molecule has 2 unspecified atom stereocenters. The van der Waals surface area contributed by atoms with Crippen molar-refractivity contribution >= 4 is 23.2 Å². The van der Waals surface area contributed by atoms with Crippen LogP contribution in [0.1, 0.15) is 37.0 Å². The van der Waals surface area contributed by atoms with Crippen LogP contribution in [0.4, 0.5) is 0 Å². The van der Waals surface area contributed by atoms with Crippen LogP contribution < -0.4 is 19.6 Å². The monoisotopic (exact) mass is 394 g/mol. The predicted octanol–water partition coefficient (Wildman–Crippen LogP) is 2.18. The molecule has 7 heteroatoms. The highest BCUT2D eigenvalue weighted by molar-refractivity contribution is 7.07. The summed E-state index contributed by atoms with van der Waals surface area (Å²) >= 11 is 1.29. The summed E-state index contributed by atoms with van der Waals surface area (Å²) in [5, 5.41) is 0. The summed E-state index contributed by atoms with van der Waals surface area (Å²) in [6.45, 7) is 5.20. The number of hydrogen-bond donors (Lipinski definition) is 0. The SMILES string of the molecule is CC(=O)C1C2c3ccccc3O[C@]1(C)N=c1s/c(=C\c3ccc(C)o3)c(=O)n12. The summed E-state index contributed by atoms with van der Waals surface area (Å²) < 4.78 is 13.9. The van der Waals surface area contributed by atoms with Crippen molar-refractivity contribution < 1.29 is 13.9 Å². The van der Waals surface area contributed by atoms with Gasteiger partial charge >= 0.3 is 0 Å². The summed E-state index contributed by atoms with van der Waals surface area (Å²) in [7, 11) is 0. The van der Waals surface area contributed by atoms with E-state index in [2.05, 4.69) is 0 Å². The number of carbonyl (C=O) groups is 1. The number of para-hydroxylation sites is 1. The molecule has 0 aliphatic carbocycles. The van der Waals surface area contributed by atoms with Crippen LogP contribution in [-0.2, 0) is 4.79 Å². The molecule has 2 aliphatic rings. The number of thiazole rings is 1. The molecule has 3 aromatic rings. The Kier molecular flexibility index (Phi) is 3.55. The van der Waals surface area contributed by atoms with Crippen LogP contribution >= 0.6 is 11.3 Å². The van der Waals surface area contributed by atoms with Crippen LogP contribution in [0.5, 0.6) is 5.75 Å². The molecule has 4 heterocycles. The standard InChI is InChI=1S/C21H18N2O4S/c1-11-8-9-13(26-11)10-16-19(25)23-18-14-6-4-5-7-15(14)27-21(3,17(18)12(2)24)22-20(23)28-16/h4-10,17-18H,1-3H3/b16-10-/t17?,18?,21-/m0/s1. The zero-order valence-electron chi connectivity index (χ0n) is 15.6. The second kappa shape index (κ2) is 5.78. The van der Waals surface area contributed by atoms with Crippen molar-refractivity contribution in [2.75, 3.05) is 0 Å². The first-order chi connectivity index (χ1) is 13.4. The Morgan fingerprint density at radius 2 is 2.07 bits per heavy atom. The van der Waals surface area contributed by atoms with E-state index in [0.29, 0.717) is 20.8 Å². The molecule has 0 saturated carbocycles. The highest BCUT2D eigenvalue weighted by Crippen LogP contribution is 2.47. The Balaban J connectivity index is 1.82. The zero-order chi connectivity index (χ0) is 19.6. The van der Waals surface area contributed by atoms with Gasteiger partial charge in [0.1, 0.15) is 29.0 Å². The molecule has 0 spiro atoms. The van der Waals surface area contributed by atoms with Crippen LogP contribution in [0.2, 0.25) is 0 Å². The third-order valence-electron chi connectivity index (χ3n) is 5.35. The number of carbonyl (C=O) groups excluding carboxylic acids is 1. The molecule has 0 amide bonds. The van der Waals surface area contributed by atoms with E-state index in [9.17, 15) is 9.59 Å². The summed E-state index contributed by atoms with van der Waals surface area (Å²) in [4.78, 5) is 31.1. The van der Waals surface area contributed by atoms with Gasteiger partial charge < -0.3 is 9.15 Å². The van der Waals surface area contributed by atoms with E-state index in [0.717, 1.165) is 11.3 Å². The third kappa shape index (κ3) is 2.36. The number of fused-ring (bicyclic) bond motifs is 6. The van der Waals surface area contributed by atoms with Gasteiger partial charge in [-0.3, -0.25) is 14.2 Å². The lowest BCUT2D eigenvalue weighted by Gasteiger charge is -2.45. The van der Waals surface area contributed by atoms with Crippen molar-refractivity contribution in [1.82, 2.24) is 4.57 Å². The van der Waals surface area contributed by atoms with E-state index < -0.39 is 17.7 Å². The van der Waals surface area contributed by atoms with Gasteiger partial charge in [0.25, 0.3) is 5.56 Å². The van der Waals surface area contributed by atoms with E-state index in [-0.39, 0.29) is 11.3 Å². The normalized spacial score (nSPS) is 25.5. The fourth-order valence-corrected chi connectivity index (χ4v) is 5.30. The molecule has 0 fully saturated rings. The quantitative estimate of drug-likeness (QED) is 0.668. The first kappa shape index (κ1) is 17.2. The zero-order valence-corrected chi connectivity index (χ0v) is 16.4. The average molecular weight is 394 g/mol. The van der Waals surface area contributed by atoms with Crippen molar-refractivity contribution in [3.8, 4) is 5.75 Å². The van der Waals surface area contributed by atoms with Gasteiger partial charge in [-0.15, -0.1) is 0 Å². The average Bonchev–Trinajstić information content (AvgIpc) is 3.16. The minimum Gasteiger partial charge on any atom is -0.465 e. The fraction of sp³-hybridized carbons (Fsp3) is 0.286. The number of ether oxygens (including phenoxy) is 1. The van der Waals surface area contributed by atoms with Gasteiger partial charge in [-0.1, -0.05) is 29.5 Å². The maximum absolute atomic E-state index is 13.3. The molecule has 0 radical (unpaired) electrons. The van der Waals surface area contributed by atoms with Crippen LogP contribution in [0.25, 0.3) is 6.08 Å². The molecule has 2 aromatic heterocycles. The predicted molar refractivity (Wildman–Crippen MR) is 104 cm³/mol. The molecular weight excluding hydrogens is 376 g/mol. The Morgan fingerprint density at radius 3 is 2.79 bits per heavy atom. The van der Waals surface area contributed by atoms with E-state index in [4.69, 9.17) is 14.1 Å². The number of nitrogens with zero attached hydrogens (tertiary/aromatic N) is 2. The number of ketones is 1. The van der Waals surface area contributed by atoms with Crippen molar-refractivity contribution in [2.45, 2.75) is 32.5 Å². The molecule has 28 heavy (non-hydrogen) atoms.